The zero-order chi connectivity index (χ0) is 14.0. The van der Waals surface area contributed by atoms with Gasteiger partial charge in [0.05, 0.1) is 0 Å². The molecule has 0 radical (unpaired) electrons. The Bertz CT molecular complexity index is 294. The third kappa shape index (κ3) is 4.58. The van der Waals surface area contributed by atoms with E-state index in [9.17, 15) is 4.79 Å². The Balaban J connectivity index is 2.39. The molecule has 0 bridgehead atoms. The van der Waals surface area contributed by atoms with Crippen LogP contribution in [-0.4, -0.2) is 60.0 Å². The second kappa shape index (κ2) is 5.57. The minimum absolute atomic E-state index is 0.0850. The van der Waals surface area contributed by atoms with Gasteiger partial charge in [0.15, 0.2) is 0 Å². The molecule has 0 aliphatic carbocycles. The van der Waals surface area contributed by atoms with Crippen LogP contribution in [0.2, 0.25) is 0 Å². The first kappa shape index (κ1) is 15.4. The minimum atomic E-state index is 0.0850. The summed E-state index contributed by atoms with van der Waals surface area (Å²) in [6, 6.07) is 0. The van der Waals surface area contributed by atoms with Crippen LogP contribution in [0, 0.1) is 0 Å². The van der Waals surface area contributed by atoms with Crippen LogP contribution in [0.1, 0.15) is 41.0 Å². The highest BCUT2D eigenvalue weighted by atomic mass is 16.2. The Labute approximate surface area is 112 Å². The van der Waals surface area contributed by atoms with Crippen molar-refractivity contribution in [2.75, 3.05) is 33.2 Å². The Morgan fingerprint density at radius 1 is 1.28 bits per heavy atom. The Morgan fingerprint density at radius 3 is 2.39 bits per heavy atom. The van der Waals surface area contributed by atoms with Crippen molar-refractivity contribution >= 4 is 5.91 Å². The fourth-order valence-corrected chi connectivity index (χ4v) is 2.16. The maximum Gasteiger partial charge on any atom is 0.223 e. The molecule has 1 aliphatic rings. The lowest BCUT2D eigenvalue weighted by Gasteiger charge is -2.45. The molecule has 1 saturated heterocycles. The lowest BCUT2D eigenvalue weighted by molar-refractivity contribution is -0.135. The summed E-state index contributed by atoms with van der Waals surface area (Å²) in [5.41, 5.74) is 0.174. The van der Waals surface area contributed by atoms with Gasteiger partial charge in [-0.25, -0.2) is 0 Å². The number of nitrogens with zero attached hydrogens (tertiary/aromatic N) is 2. The molecule has 0 aromatic rings. The molecule has 1 amide bonds. The Morgan fingerprint density at radius 2 is 1.89 bits per heavy atom. The molecular formula is C14H29N3O. The van der Waals surface area contributed by atoms with Crippen molar-refractivity contribution in [3.8, 4) is 0 Å². The first-order valence-corrected chi connectivity index (χ1v) is 6.86. The van der Waals surface area contributed by atoms with Crippen molar-refractivity contribution < 1.29 is 4.79 Å². The van der Waals surface area contributed by atoms with E-state index >= 15 is 0 Å². The van der Waals surface area contributed by atoms with Gasteiger partial charge in [0.1, 0.15) is 0 Å². The van der Waals surface area contributed by atoms with E-state index in [1.54, 1.807) is 0 Å². The molecule has 4 nitrogen and oxygen atoms in total. The average Bonchev–Trinajstić information content (AvgIpc) is 2.20. The molecule has 1 fully saturated rings. The lowest BCUT2D eigenvalue weighted by atomic mass is 9.99. The van der Waals surface area contributed by atoms with Gasteiger partial charge in [-0.3, -0.25) is 9.69 Å². The summed E-state index contributed by atoms with van der Waals surface area (Å²) in [6.45, 7) is 14.2. The van der Waals surface area contributed by atoms with Crippen molar-refractivity contribution in [2.45, 2.75) is 52.1 Å². The molecule has 0 aromatic heterocycles. The van der Waals surface area contributed by atoms with Crippen LogP contribution in [0.25, 0.3) is 0 Å². The monoisotopic (exact) mass is 255 g/mol. The van der Waals surface area contributed by atoms with Crippen LogP contribution in [0.15, 0.2) is 0 Å². The summed E-state index contributed by atoms with van der Waals surface area (Å²) in [5.74, 6) is 0.271. The second-order valence-electron chi connectivity index (χ2n) is 6.98. The highest BCUT2D eigenvalue weighted by Gasteiger charge is 2.32. The highest BCUT2D eigenvalue weighted by molar-refractivity contribution is 5.76. The predicted octanol–water partition coefficient (Wildman–Crippen LogP) is 1.32. The van der Waals surface area contributed by atoms with E-state index in [0.717, 1.165) is 26.2 Å². The number of amides is 1. The number of nitrogens with one attached hydrogen (secondary N) is 1. The van der Waals surface area contributed by atoms with Gasteiger partial charge in [-0.2, -0.15) is 0 Å². The van der Waals surface area contributed by atoms with Gasteiger partial charge in [0.2, 0.25) is 5.91 Å². The van der Waals surface area contributed by atoms with E-state index in [0.29, 0.717) is 6.42 Å². The van der Waals surface area contributed by atoms with Gasteiger partial charge in [-0.1, -0.05) is 0 Å². The number of rotatable bonds is 3. The molecule has 106 valence electrons. The van der Waals surface area contributed by atoms with Crippen LogP contribution >= 0.6 is 0 Å². The molecule has 0 saturated carbocycles. The van der Waals surface area contributed by atoms with Crippen LogP contribution in [0.4, 0.5) is 0 Å². The largest absolute Gasteiger partial charge is 0.340 e. The Kier molecular flexibility index (Phi) is 4.78. The number of carbonyl (C=O) groups excluding carboxylic acids is 1. The number of hydrogen-bond acceptors (Lipinski definition) is 3. The van der Waals surface area contributed by atoms with E-state index in [1.165, 1.54) is 0 Å². The highest BCUT2D eigenvalue weighted by Crippen LogP contribution is 2.19. The van der Waals surface area contributed by atoms with Crippen LogP contribution < -0.4 is 5.32 Å². The molecule has 1 heterocycles. The molecule has 1 N–H and O–H groups in total. The molecule has 0 atom stereocenters. The smallest absolute Gasteiger partial charge is 0.223 e. The lowest BCUT2D eigenvalue weighted by Crippen LogP contribution is -2.59. The van der Waals surface area contributed by atoms with Crippen molar-refractivity contribution in [1.82, 2.24) is 15.1 Å². The number of carbonyl (C=O) groups is 1. The average molecular weight is 255 g/mol. The van der Waals surface area contributed by atoms with E-state index in [2.05, 4.69) is 51.9 Å². The van der Waals surface area contributed by atoms with Gasteiger partial charge in [0.25, 0.3) is 0 Å². The zero-order valence-electron chi connectivity index (χ0n) is 12.8. The quantitative estimate of drug-likeness (QED) is 0.826. The van der Waals surface area contributed by atoms with E-state index in [1.807, 2.05) is 4.90 Å². The molecule has 0 spiro atoms. The maximum atomic E-state index is 12.1. The number of likely N-dealkylation sites (N-methyl/N-ethyl adjacent to an activating group) is 1. The minimum Gasteiger partial charge on any atom is -0.340 e. The topological polar surface area (TPSA) is 35.6 Å². The second-order valence-corrected chi connectivity index (χ2v) is 6.98. The van der Waals surface area contributed by atoms with Crippen molar-refractivity contribution in [1.29, 1.82) is 0 Å². The SMILES string of the molecule is CN1CCN(C(=O)CCNC(C)(C)C)CC1(C)C. The van der Waals surface area contributed by atoms with Gasteiger partial charge in [0, 0.05) is 43.7 Å². The molecule has 0 unspecified atom stereocenters. The molecule has 1 aliphatic heterocycles. The van der Waals surface area contributed by atoms with Gasteiger partial charge in [-0.15, -0.1) is 0 Å². The summed E-state index contributed by atoms with van der Waals surface area (Å²) in [5, 5.41) is 3.36. The molecule has 1 rings (SSSR count). The van der Waals surface area contributed by atoms with E-state index < -0.39 is 0 Å². The summed E-state index contributed by atoms with van der Waals surface area (Å²) < 4.78 is 0. The van der Waals surface area contributed by atoms with E-state index in [-0.39, 0.29) is 17.0 Å². The molecular weight excluding hydrogens is 226 g/mol. The van der Waals surface area contributed by atoms with Gasteiger partial charge < -0.3 is 10.2 Å². The standard InChI is InChI=1S/C14H29N3O/c1-13(2,3)15-8-7-12(18)17-10-9-16(6)14(4,5)11-17/h15H,7-11H2,1-6H3. The molecule has 18 heavy (non-hydrogen) atoms. The van der Waals surface area contributed by atoms with Gasteiger partial charge >= 0.3 is 0 Å². The third-order valence-corrected chi connectivity index (χ3v) is 3.66. The predicted molar refractivity (Wildman–Crippen MR) is 75.7 cm³/mol. The summed E-state index contributed by atoms with van der Waals surface area (Å²) in [4.78, 5) is 16.5. The van der Waals surface area contributed by atoms with Crippen LogP contribution in [-0.2, 0) is 4.79 Å². The molecule has 0 aromatic carbocycles. The summed E-state index contributed by atoms with van der Waals surface area (Å²) >= 11 is 0. The third-order valence-electron chi connectivity index (χ3n) is 3.66. The van der Waals surface area contributed by atoms with Crippen LogP contribution in [0.5, 0.6) is 0 Å². The maximum absolute atomic E-state index is 12.1. The summed E-state index contributed by atoms with van der Waals surface area (Å²) in [6.07, 6.45) is 0.594. The first-order valence-electron chi connectivity index (χ1n) is 6.86. The first-order chi connectivity index (χ1) is 8.12. The van der Waals surface area contributed by atoms with Crippen molar-refractivity contribution in [2.24, 2.45) is 0 Å². The van der Waals surface area contributed by atoms with Crippen LogP contribution in [0.3, 0.4) is 0 Å². The van der Waals surface area contributed by atoms with Crippen molar-refractivity contribution in [3.63, 3.8) is 0 Å². The Hall–Kier alpha value is -0.610. The normalized spacial score (nSPS) is 21.1. The number of hydrogen-bond donors (Lipinski definition) is 1. The number of piperazine rings is 1. The van der Waals surface area contributed by atoms with Crippen molar-refractivity contribution in [3.05, 3.63) is 0 Å². The van der Waals surface area contributed by atoms with Gasteiger partial charge in [-0.05, 0) is 41.7 Å². The summed E-state index contributed by atoms with van der Waals surface area (Å²) in [7, 11) is 2.13. The fraction of sp³-hybridized carbons (Fsp3) is 0.929. The van der Waals surface area contributed by atoms with E-state index in [4.69, 9.17) is 0 Å². The molecule has 4 heteroatoms. The zero-order valence-corrected chi connectivity index (χ0v) is 12.8. The fourth-order valence-electron chi connectivity index (χ4n) is 2.16.